The predicted molar refractivity (Wildman–Crippen MR) is 131 cm³/mol. The second kappa shape index (κ2) is 10.9. The fourth-order valence-electron chi connectivity index (χ4n) is 2.98. The molecule has 0 aliphatic heterocycles. The van der Waals surface area contributed by atoms with E-state index in [9.17, 15) is 13.2 Å². The number of ether oxygens (including phenoxy) is 1. The lowest BCUT2D eigenvalue weighted by Gasteiger charge is -2.12. The number of hydrogen-bond donors (Lipinski definition) is 3. The average molecular weight is 485 g/mol. The summed E-state index contributed by atoms with van der Waals surface area (Å²) in [5.41, 5.74) is 2.02. The van der Waals surface area contributed by atoms with Crippen molar-refractivity contribution in [2.45, 2.75) is 11.8 Å². The van der Waals surface area contributed by atoms with Gasteiger partial charge in [-0.1, -0.05) is 0 Å². The van der Waals surface area contributed by atoms with Crippen LogP contribution in [0.3, 0.4) is 0 Å². The van der Waals surface area contributed by atoms with E-state index in [1.807, 2.05) is 37.3 Å². The van der Waals surface area contributed by atoms with Gasteiger partial charge in [0.25, 0.3) is 5.91 Å². The van der Waals surface area contributed by atoms with Crippen molar-refractivity contribution >= 4 is 33.4 Å². The van der Waals surface area contributed by atoms with Gasteiger partial charge in [0, 0.05) is 50.2 Å². The summed E-state index contributed by atoms with van der Waals surface area (Å²) < 4.78 is 30.6. The molecule has 1 aromatic heterocycles. The Labute approximate surface area is 199 Å². The Kier molecular flexibility index (Phi) is 8.03. The van der Waals surface area contributed by atoms with E-state index >= 15 is 0 Å². The molecule has 0 saturated carbocycles. The molecule has 0 bridgehead atoms. The zero-order valence-electron chi connectivity index (χ0n) is 19.5. The summed E-state index contributed by atoms with van der Waals surface area (Å²) in [5.74, 6) is 1.53. The molecule has 34 heavy (non-hydrogen) atoms. The Morgan fingerprint density at radius 3 is 2.29 bits per heavy atom. The van der Waals surface area contributed by atoms with Gasteiger partial charge in [0.2, 0.25) is 16.0 Å². The Morgan fingerprint density at radius 1 is 1.00 bits per heavy atom. The first-order valence-corrected chi connectivity index (χ1v) is 11.9. The number of nitrogens with one attached hydrogen (secondary N) is 3. The van der Waals surface area contributed by atoms with Crippen molar-refractivity contribution in [2.75, 3.05) is 44.9 Å². The molecule has 0 fully saturated rings. The Balaban J connectivity index is 1.52. The molecule has 180 valence electrons. The van der Waals surface area contributed by atoms with Gasteiger partial charge < -0.3 is 20.7 Å². The van der Waals surface area contributed by atoms with Gasteiger partial charge in [-0.3, -0.25) is 4.79 Å². The highest BCUT2D eigenvalue weighted by atomic mass is 32.2. The van der Waals surface area contributed by atoms with Crippen molar-refractivity contribution in [1.29, 1.82) is 0 Å². The largest absolute Gasteiger partial charge is 0.497 e. The standard InChI is InChI=1S/C23H28N6O4S/c1-16-15-21(27-18-7-9-19(33-4)10-8-18)28-23(26-16)25-14-13-24-22(30)17-5-11-20(12-6-17)34(31,32)29(2)3/h5-12,15H,13-14H2,1-4H3,(H,24,30)(H2,25,26,27,28). The van der Waals surface area contributed by atoms with Crippen LogP contribution in [0.2, 0.25) is 0 Å². The molecular formula is C23H28N6O4S. The molecule has 0 aliphatic carbocycles. The van der Waals surface area contributed by atoms with Crippen molar-refractivity contribution in [3.05, 3.63) is 65.9 Å². The minimum Gasteiger partial charge on any atom is -0.497 e. The molecule has 2 aromatic carbocycles. The number of aryl methyl sites for hydroxylation is 1. The van der Waals surface area contributed by atoms with Crippen molar-refractivity contribution < 1.29 is 17.9 Å². The Hall–Kier alpha value is -3.70. The lowest BCUT2D eigenvalue weighted by Crippen LogP contribution is -2.29. The molecule has 3 aromatic rings. The summed E-state index contributed by atoms with van der Waals surface area (Å²) in [5, 5.41) is 9.11. The van der Waals surface area contributed by atoms with Gasteiger partial charge in [-0.05, 0) is 55.5 Å². The first-order chi connectivity index (χ1) is 16.2. The van der Waals surface area contributed by atoms with Gasteiger partial charge in [-0.15, -0.1) is 0 Å². The number of sulfonamides is 1. The van der Waals surface area contributed by atoms with Crippen LogP contribution in [0.15, 0.2) is 59.5 Å². The zero-order valence-corrected chi connectivity index (χ0v) is 20.3. The number of methoxy groups -OCH3 is 1. The number of nitrogens with zero attached hydrogens (tertiary/aromatic N) is 3. The normalized spacial score (nSPS) is 11.2. The topological polar surface area (TPSA) is 126 Å². The average Bonchev–Trinajstić information content (AvgIpc) is 2.82. The molecule has 3 rings (SSSR count). The summed E-state index contributed by atoms with van der Waals surface area (Å²) in [7, 11) is 0.997. The fourth-order valence-corrected chi connectivity index (χ4v) is 3.88. The van der Waals surface area contributed by atoms with Crippen molar-refractivity contribution in [3.8, 4) is 5.75 Å². The molecule has 11 heteroatoms. The predicted octanol–water partition coefficient (Wildman–Crippen LogP) is 2.63. The number of carbonyl (C=O) groups is 1. The first-order valence-electron chi connectivity index (χ1n) is 10.5. The first kappa shape index (κ1) is 24.9. The van der Waals surface area contributed by atoms with Crippen molar-refractivity contribution in [1.82, 2.24) is 19.6 Å². The van der Waals surface area contributed by atoms with Crippen molar-refractivity contribution in [2.24, 2.45) is 0 Å². The molecule has 10 nitrogen and oxygen atoms in total. The molecule has 1 amide bonds. The molecule has 0 aliphatic rings. The zero-order chi connectivity index (χ0) is 24.7. The van der Waals surface area contributed by atoms with Crippen LogP contribution in [-0.2, 0) is 10.0 Å². The van der Waals surface area contributed by atoms with Crippen LogP contribution in [0, 0.1) is 6.92 Å². The number of benzene rings is 2. The van der Waals surface area contributed by atoms with E-state index in [0.29, 0.717) is 30.4 Å². The van der Waals surface area contributed by atoms with E-state index in [2.05, 4.69) is 25.9 Å². The number of aromatic nitrogens is 2. The van der Waals surface area contributed by atoms with Gasteiger partial charge in [0.15, 0.2) is 0 Å². The third-order valence-corrected chi connectivity index (χ3v) is 6.63. The summed E-state index contributed by atoms with van der Waals surface area (Å²) >= 11 is 0. The number of amides is 1. The SMILES string of the molecule is COc1ccc(Nc2cc(C)nc(NCCNC(=O)c3ccc(S(=O)(=O)N(C)C)cc3)n2)cc1. The van der Waals surface area contributed by atoms with Crippen LogP contribution in [0.25, 0.3) is 0 Å². The van der Waals surface area contributed by atoms with Crippen LogP contribution < -0.4 is 20.7 Å². The van der Waals surface area contributed by atoms with Gasteiger partial charge in [0.1, 0.15) is 11.6 Å². The van der Waals surface area contributed by atoms with Gasteiger partial charge >= 0.3 is 0 Å². The molecule has 1 heterocycles. The summed E-state index contributed by atoms with van der Waals surface area (Å²) in [4.78, 5) is 21.3. The minimum absolute atomic E-state index is 0.131. The maximum absolute atomic E-state index is 12.4. The van der Waals surface area contributed by atoms with E-state index in [1.54, 1.807) is 7.11 Å². The molecule has 0 radical (unpaired) electrons. The third-order valence-electron chi connectivity index (χ3n) is 4.81. The highest BCUT2D eigenvalue weighted by Crippen LogP contribution is 2.20. The van der Waals surface area contributed by atoms with Gasteiger partial charge in [0.05, 0.1) is 12.0 Å². The number of hydrogen-bond acceptors (Lipinski definition) is 8. The van der Waals surface area contributed by atoms with Crippen LogP contribution in [0.1, 0.15) is 16.1 Å². The third kappa shape index (κ3) is 6.42. The monoisotopic (exact) mass is 484 g/mol. The molecule has 0 saturated heterocycles. The maximum Gasteiger partial charge on any atom is 0.251 e. The second-order valence-corrected chi connectivity index (χ2v) is 9.72. The molecule has 0 unspecified atom stereocenters. The smallest absolute Gasteiger partial charge is 0.251 e. The van der Waals surface area contributed by atoms with Crippen LogP contribution in [-0.4, -0.2) is 62.9 Å². The van der Waals surface area contributed by atoms with Crippen LogP contribution >= 0.6 is 0 Å². The highest BCUT2D eigenvalue weighted by Gasteiger charge is 2.17. The van der Waals surface area contributed by atoms with E-state index in [-0.39, 0.29) is 10.8 Å². The molecular weight excluding hydrogens is 456 g/mol. The van der Waals surface area contributed by atoms with Crippen LogP contribution in [0.4, 0.5) is 17.5 Å². The van der Waals surface area contributed by atoms with E-state index in [1.165, 1.54) is 38.4 Å². The Bertz CT molecular complexity index is 1230. The van der Waals surface area contributed by atoms with E-state index in [4.69, 9.17) is 4.74 Å². The lowest BCUT2D eigenvalue weighted by atomic mass is 10.2. The maximum atomic E-state index is 12.4. The fraction of sp³-hybridized carbons (Fsp3) is 0.261. The van der Waals surface area contributed by atoms with Crippen LogP contribution in [0.5, 0.6) is 5.75 Å². The molecule has 0 atom stereocenters. The highest BCUT2D eigenvalue weighted by molar-refractivity contribution is 7.89. The van der Waals surface area contributed by atoms with E-state index < -0.39 is 10.0 Å². The Morgan fingerprint density at radius 2 is 1.68 bits per heavy atom. The van der Waals surface area contributed by atoms with Gasteiger partial charge in [-0.2, -0.15) is 4.98 Å². The minimum atomic E-state index is -3.53. The second-order valence-electron chi connectivity index (χ2n) is 7.57. The number of anilines is 3. The summed E-state index contributed by atoms with van der Waals surface area (Å²) in [6.07, 6.45) is 0. The lowest BCUT2D eigenvalue weighted by molar-refractivity contribution is 0.0955. The summed E-state index contributed by atoms with van der Waals surface area (Å²) in [6, 6.07) is 15.1. The van der Waals surface area contributed by atoms with E-state index in [0.717, 1.165) is 21.4 Å². The molecule has 0 spiro atoms. The quantitative estimate of drug-likeness (QED) is 0.375. The summed E-state index contributed by atoms with van der Waals surface area (Å²) in [6.45, 7) is 2.60. The van der Waals surface area contributed by atoms with Gasteiger partial charge in [-0.25, -0.2) is 17.7 Å². The molecule has 3 N–H and O–H groups in total. The number of carbonyl (C=O) groups excluding carboxylic acids is 1. The number of rotatable bonds is 10. The van der Waals surface area contributed by atoms with Crippen molar-refractivity contribution in [3.63, 3.8) is 0 Å².